The van der Waals surface area contributed by atoms with Crippen molar-refractivity contribution in [3.05, 3.63) is 28.0 Å². The molecule has 1 aromatic rings. The van der Waals surface area contributed by atoms with Gasteiger partial charge in [0.25, 0.3) is 0 Å². The SMILES string of the molecule is COc1cc(Br)c(F)c(C(=O)C(C)N)c1. The van der Waals surface area contributed by atoms with Crippen molar-refractivity contribution in [3.63, 3.8) is 0 Å². The summed E-state index contributed by atoms with van der Waals surface area (Å²) < 4.78 is 18.7. The first kappa shape index (κ1) is 12.1. The maximum absolute atomic E-state index is 13.5. The first-order valence-electron chi connectivity index (χ1n) is 4.30. The van der Waals surface area contributed by atoms with Crippen LogP contribution in [0.2, 0.25) is 0 Å². The van der Waals surface area contributed by atoms with Crippen LogP contribution in [-0.4, -0.2) is 18.9 Å². The van der Waals surface area contributed by atoms with E-state index < -0.39 is 17.6 Å². The Hall–Kier alpha value is -0.940. The van der Waals surface area contributed by atoms with E-state index in [1.54, 1.807) is 0 Å². The van der Waals surface area contributed by atoms with Gasteiger partial charge in [-0.3, -0.25) is 4.79 Å². The van der Waals surface area contributed by atoms with Crippen LogP contribution in [-0.2, 0) is 0 Å². The lowest BCUT2D eigenvalue weighted by Crippen LogP contribution is -2.27. The molecule has 1 atom stereocenters. The van der Waals surface area contributed by atoms with Gasteiger partial charge in [0.15, 0.2) is 5.78 Å². The van der Waals surface area contributed by atoms with E-state index in [1.165, 1.54) is 26.2 Å². The molecule has 0 amide bonds. The fraction of sp³-hybridized carbons (Fsp3) is 0.300. The summed E-state index contributed by atoms with van der Waals surface area (Å²) in [6.07, 6.45) is 0. The predicted octanol–water partition coefficient (Wildman–Crippen LogP) is 2.13. The minimum absolute atomic E-state index is 0.0591. The number of rotatable bonds is 3. The van der Waals surface area contributed by atoms with Crippen LogP contribution >= 0.6 is 15.9 Å². The Balaban J connectivity index is 3.27. The van der Waals surface area contributed by atoms with Crippen molar-refractivity contribution in [1.29, 1.82) is 0 Å². The molecule has 3 nitrogen and oxygen atoms in total. The van der Waals surface area contributed by atoms with Gasteiger partial charge in [-0.05, 0) is 35.0 Å². The average molecular weight is 276 g/mol. The lowest BCUT2D eigenvalue weighted by atomic mass is 10.1. The molecule has 2 N–H and O–H groups in total. The number of ketones is 1. The van der Waals surface area contributed by atoms with Gasteiger partial charge in [0.05, 0.1) is 23.2 Å². The molecule has 0 heterocycles. The van der Waals surface area contributed by atoms with Crippen molar-refractivity contribution in [2.75, 3.05) is 7.11 Å². The van der Waals surface area contributed by atoms with Crippen molar-refractivity contribution in [3.8, 4) is 5.75 Å². The summed E-state index contributed by atoms with van der Waals surface area (Å²) in [7, 11) is 1.44. The zero-order valence-electron chi connectivity index (χ0n) is 8.38. The van der Waals surface area contributed by atoms with E-state index in [2.05, 4.69) is 15.9 Å². The van der Waals surface area contributed by atoms with E-state index in [1.807, 2.05) is 0 Å². The molecule has 0 aliphatic carbocycles. The molecule has 0 aromatic heterocycles. The summed E-state index contributed by atoms with van der Waals surface area (Å²) >= 11 is 3.01. The number of benzene rings is 1. The third-order valence-electron chi connectivity index (χ3n) is 1.92. The minimum Gasteiger partial charge on any atom is -0.497 e. The second-order valence-electron chi connectivity index (χ2n) is 3.12. The molecule has 1 aromatic carbocycles. The van der Waals surface area contributed by atoms with Crippen molar-refractivity contribution < 1.29 is 13.9 Å². The highest BCUT2D eigenvalue weighted by Crippen LogP contribution is 2.26. The zero-order chi connectivity index (χ0) is 11.6. The molecule has 5 heteroatoms. The van der Waals surface area contributed by atoms with E-state index >= 15 is 0 Å². The molecule has 0 bridgehead atoms. The Morgan fingerprint density at radius 3 is 2.67 bits per heavy atom. The third-order valence-corrected chi connectivity index (χ3v) is 2.49. The van der Waals surface area contributed by atoms with Gasteiger partial charge in [-0.15, -0.1) is 0 Å². The van der Waals surface area contributed by atoms with Gasteiger partial charge in [0.2, 0.25) is 0 Å². The summed E-state index contributed by atoms with van der Waals surface area (Å²) in [5.74, 6) is -0.655. The first-order valence-corrected chi connectivity index (χ1v) is 5.09. The number of halogens is 2. The Morgan fingerprint density at radius 2 is 2.20 bits per heavy atom. The van der Waals surface area contributed by atoms with Crippen LogP contribution in [0, 0.1) is 5.82 Å². The van der Waals surface area contributed by atoms with Crippen molar-refractivity contribution in [2.24, 2.45) is 5.73 Å². The highest BCUT2D eigenvalue weighted by molar-refractivity contribution is 9.10. The summed E-state index contributed by atoms with van der Waals surface area (Å²) in [6.45, 7) is 1.51. The van der Waals surface area contributed by atoms with Crippen molar-refractivity contribution >= 4 is 21.7 Å². The Kier molecular flexibility index (Phi) is 3.82. The fourth-order valence-electron chi connectivity index (χ4n) is 1.11. The van der Waals surface area contributed by atoms with Gasteiger partial charge in [-0.2, -0.15) is 0 Å². The molecule has 0 radical (unpaired) electrons. The van der Waals surface area contributed by atoms with Crippen LogP contribution < -0.4 is 10.5 Å². The molecule has 0 fully saturated rings. The van der Waals surface area contributed by atoms with Gasteiger partial charge >= 0.3 is 0 Å². The summed E-state index contributed by atoms with van der Waals surface area (Å²) in [4.78, 5) is 11.5. The number of carbonyl (C=O) groups excluding carboxylic acids is 1. The van der Waals surface area contributed by atoms with Gasteiger partial charge in [-0.1, -0.05) is 0 Å². The zero-order valence-corrected chi connectivity index (χ0v) is 9.97. The minimum atomic E-state index is -0.737. The normalized spacial score (nSPS) is 12.3. The molecular formula is C10H11BrFNO2. The molecule has 1 rings (SSSR count). The monoisotopic (exact) mass is 275 g/mol. The summed E-state index contributed by atoms with van der Waals surface area (Å²) in [5, 5.41) is 0. The Bertz CT molecular complexity index is 393. The van der Waals surface area contributed by atoms with Gasteiger partial charge in [0, 0.05) is 0 Å². The maximum Gasteiger partial charge on any atom is 0.182 e. The largest absolute Gasteiger partial charge is 0.497 e. The molecule has 1 unspecified atom stereocenters. The van der Waals surface area contributed by atoms with Crippen LogP contribution in [0.15, 0.2) is 16.6 Å². The van der Waals surface area contributed by atoms with Crippen LogP contribution in [0.1, 0.15) is 17.3 Å². The topological polar surface area (TPSA) is 52.3 Å². The number of Topliss-reactive ketones (excluding diaryl/α,β-unsaturated/α-hetero) is 1. The Labute approximate surface area is 95.5 Å². The van der Waals surface area contributed by atoms with Crippen LogP contribution in [0.25, 0.3) is 0 Å². The fourth-order valence-corrected chi connectivity index (χ4v) is 1.55. The number of methoxy groups -OCH3 is 1. The molecule has 0 spiro atoms. The lowest BCUT2D eigenvalue weighted by Gasteiger charge is -2.09. The molecule has 0 aliphatic rings. The third kappa shape index (κ3) is 2.54. The highest BCUT2D eigenvalue weighted by atomic mass is 79.9. The second kappa shape index (κ2) is 4.72. The number of hydrogen-bond acceptors (Lipinski definition) is 3. The van der Waals surface area contributed by atoms with Crippen LogP contribution in [0.5, 0.6) is 5.75 Å². The molecule has 0 aliphatic heterocycles. The maximum atomic E-state index is 13.5. The van der Waals surface area contributed by atoms with E-state index in [4.69, 9.17) is 10.5 Å². The van der Waals surface area contributed by atoms with Crippen molar-refractivity contribution in [2.45, 2.75) is 13.0 Å². The Morgan fingerprint density at radius 1 is 1.60 bits per heavy atom. The van der Waals surface area contributed by atoms with Crippen LogP contribution in [0.4, 0.5) is 4.39 Å². The predicted molar refractivity (Wildman–Crippen MR) is 58.6 cm³/mol. The lowest BCUT2D eigenvalue weighted by molar-refractivity contribution is 0.0963. The number of ether oxygens (including phenoxy) is 1. The quantitative estimate of drug-likeness (QED) is 0.860. The molecular weight excluding hydrogens is 265 g/mol. The number of carbonyl (C=O) groups is 1. The second-order valence-corrected chi connectivity index (χ2v) is 3.98. The van der Waals surface area contributed by atoms with Crippen LogP contribution in [0.3, 0.4) is 0 Å². The van der Waals surface area contributed by atoms with E-state index in [0.717, 1.165) is 0 Å². The van der Waals surface area contributed by atoms with Gasteiger partial charge in [-0.25, -0.2) is 4.39 Å². The smallest absolute Gasteiger partial charge is 0.182 e. The van der Waals surface area contributed by atoms with E-state index in [9.17, 15) is 9.18 Å². The summed E-state index contributed by atoms with van der Waals surface area (Å²) in [5.41, 5.74) is 5.35. The molecule has 82 valence electrons. The molecule has 0 saturated carbocycles. The standard InChI is InChI=1S/C10H11BrFNO2/c1-5(13)10(14)7-3-6(15-2)4-8(11)9(7)12/h3-5H,13H2,1-2H3. The van der Waals surface area contributed by atoms with Gasteiger partial charge in [0.1, 0.15) is 11.6 Å². The average Bonchev–Trinajstić information content (AvgIpc) is 2.20. The van der Waals surface area contributed by atoms with E-state index in [-0.39, 0.29) is 10.0 Å². The first-order chi connectivity index (χ1) is 6.97. The van der Waals surface area contributed by atoms with Crippen molar-refractivity contribution in [1.82, 2.24) is 0 Å². The molecule has 15 heavy (non-hydrogen) atoms. The molecule has 0 saturated heterocycles. The number of nitrogens with two attached hydrogens (primary N) is 1. The van der Waals surface area contributed by atoms with Gasteiger partial charge < -0.3 is 10.5 Å². The summed E-state index contributed by atoms with van der Waals surface area (Å²) in [6, 6.07) is 2.05. The highest BCUT2D eigenvalue weighted by Gasteiger charge is 2.19. The van der Waals surface area contributed by atoms with E-state index in [0.29, 0.717) is 5.75 Å². The number of hydrogen-bond donors (Lipinski definition) is 1.